The van der Waals surface area contributed by atoms with Gasteiger partial charge < -0.3 is 9.84 Å². The van der Waals surface area contributed by atoms with Crippen LogP contribution in [0.15, 0.2) is 65.6 Å². The number of hydrogen-bond donors (Lipinski definition) is 1. The quantitative estimate of drug-likeness (QED) is 0.338. The maximum atomic E-state index is 13.1. The van der Waals surface area contributed by atoms with Gasteiger partial charge in [0.1, 0.15) is 17.6 Å². The van der Waals surface area contributed by atoms with Gasteiger partial charge in [-0.1, -0.05) is 29.8 Å². The maximum absolute atomic E-state index is 13.1. The van der Waals surface area contributed by atoms with Crippen molar-refractivity contribution in [3.05, 3.63) is 86.6 Å². The Bertz CT molecular complexity index is 1170. The summed E-state index contributed by atoms with van der Waals surface area (Å²) in [5.74, 6) is -1.31. The highest BCUT2D eigenvalue weighted by atomic mass is 35.5. The summed E-state index contributed by atoms with van der Waals surface area (Å²) in [5.41, 5.74) is 1.91. The zero-order valence-electron chi connectivity index (χ0n) is 16.3. The number of aryl methyl sites for hydroxylation is 1. The van der Waals surface area contributed by atoms with Crippen molar-refractivity contribution in [2.75, 3.05) is 12.0 Å². The maximum Gasteiger partial charge on any atom is 0.300 e. The smallest absolute Gasteiger partial charge is 0.300 e. The van der Waals surface area contributed by atoms with Gasteiger partial charge in [-0.25, -0.2) is 0 Å². The zero-order chi connectivity index (χ0) is 21.4. The van der Waals surface area contributed by atoms with Crippen LogP contribution in [0.2, 0.25) is 5.02 Å². The van der Waals surface area contributed by atoms with Crippen molar-refractivity contribution in [3.8, 4) is 5.75 Å². The number of halogens is 1. The van der Waals surface area contributed by atoms with Gasteiger partial charge in [-0.3, -0.25) is 14.5 Å². The van der Waals surface area contributed by atoms with Gasteiger partial charge in [0.25, 0.3) is 11.7 Å². The van der Waals surface area contributed by atoms with Crippen molar-refractivity contribution >= 4 is 46.1 Å². The third-order valence-corrected chi connectivity index (χ3v) is 6.44. The van der Waals surface area contributed by atoms with Crippen LogP contribution in [0.5, 0.6) is 5.75 Å². The van der Waals surface area contributed by atoms with E-state index in [9.17, 15) is 14.7 Å². The molecule has 1 aromatic heterocycles. The van der Waals surface area contributed by atoms with Gasteiger partial charge in [0, 0.05) is 16.1 Å². The Hall–Kier alpha value is -3.09. The van der Waals surface area contributed by atoms with Gasteiger partial charge in [0.15, 0.2) is 0 Å². The minimum absolute atomic E-state index is 0.0405. The summed E-state index contributed by atoms with van der Waals surface area (Å²) in [4.78, 5) is 28.4. The number of aliphatic hydroxyl groups is 1. The lowest BCUT2D eigenvalue weighted by molar-refractivity contribution is -0.132. The summed E-state index contributed by atoms with van der Waals surface area (Å²) < 4.78 is 5.23. The summed E-state index contributed by atoms with van der Waals surface area (Å²) in [6.07, 6.45) is 0. The second-order valence-electron chi connectivity index (χ2n) is 6.82. The Balaban J connectivity index is 1.95. The van der Waals surface area contributed by atoms with Crippen LogP contribution in [-0.2, 0) is 9.59 Å². The number of rotatable bonds is 4. The normalized spacial score (nSPS) is 18.1. The van der Waals surface area contributed by atoms with Gasteiger partial charge in [-0.15, -0.1) is 11.3 Å². The first-order valence-corrected chi connectivity index (χ1v) is 10.4. The highest BCUT2D eigenvalue weighted by Gasteiger charge is 2.47. The fourth-order valence-corrected chi connectivity index (χ4v) is 4.78. The lowest BCUT2D eigenvalue weighted by Crippen LogP contribution is -2.29. The Kier molecular flexibility index (Phi) is 5.37. The number of hydrogen-bond acceptors (Lipinski definition) is 5. The minimum atomic E-state index is -0.733. The largest absolute Gasteiger partial charge is 0.507 e. The SMILES string of the molecule is COc1cc(/C(O)=C2/C(=O)C(=O)N(c3ccccc3)C2c2sccc2C)ccc1Cl. The molecule has 2 heterocycles. The predicted molar refractivity (Wildman–Crippen MR) is 118 cm³/mol. The van der Waals surface area contributed by atoms with Gasteiger partial charge >= 0.3 is 0 Å². The Labute approximate surface area is 182 Å². The van der Waals surface area contributed by atoms with E-state index in [-0.39, 0.29) is 11.3 Å². The van der Waals surface area contributed by atoms with E-state index in [0.717, 1.165) is 10.4 Å². The summed E-state index contributed by atoms with van der Waals surface area (Å²) in [7, 11) is 1.47. The molecular weight excluding hydrogens is 422 g/mol. The van der Waals surface area contributed by atoms with Crippen LogP contribution in [-0.4, -0.2) is 23.9 Å². The van der Waals surface area contributed by atoms with Gasteiger partial charge in [-0.05, 0) is 54.3 Å². The summed E-state index contributed by atoms with van der Waals surface area (Å²) in [6, 6.07) is 14.9. The predicted octanol–water partition coefficient (Wildman–Crippen LogP) is 5.34. The van der Waals surface area contributed by atoms with Crippen LogP contribution in [0.4, 0.5) is 5.69 Å². The fourth-order valence-electron chi connectivity index (χ4n) is 3.56. The molecule has 1 saturated heterocycles. The first-order valence-electron chi connectivity index (χ1n) is 9.18. The lowest BCUT2D eigenvalue weighted by atomic mass is 9.98. The minimum Gasteiger partial charge on any atom is -0.507 e. The molecule has 152 valence electrons. The van der Waals surface area contributed by atoms with Crippen LogP contribution in [0, 0.1) is 6.92 Å². The number of methoxy groups -OCH3 is 1. The molecule has 1 amide bonds. The molecule has 2 aromatic carbocycles. The van der Waals surface area contributed by atoms with E-state index < -0.39 is 17.7 Å². The van der Waals surface area contributed by atoms with E-state index >= 15 is 0 Å². The Morgan fingerprint density at radius 2 is 1.87 bits per heavy atom. The lowest BCUT2D eigenvalue weighted by Gasteiger charge is -2.25. The molecule has 5 nitrogen and oxygen atoms in total. The molecular formula is C23H18ClNO4S. The van der Waals surface area contributed by atoms with E-state index in [4.69, 9.17) is 16.3 Å². The fraction of sp³-hybridized carbons (Fsp3) is 0.130. The van der Waals surface area contributed by atoms with Crippen molar-refractivity contribution in [1.29, 1.82) is 0 Å². The van der Waals surface area contributed by atoms with Crippen molar-refractivity contribution in [2.24, 2.45) is 0 Å². The number of Topliss-reactive ketones (excluding diaryl/α,β-unsaturated/α-hetero) is 1. The molecule has 1 fully saturated rings. The van der Waals surface area contributed by atoms with E-state index in [0.29, 0.717) is 22.0 Å². The number of nitrogens with zero attached hydrogens (tertiary/aromatic N) is 1. The van der Waals surface area contributed by atoms with E-state index in [1.165, 1.54) is 23.3 Å². The summed E-state index contributed by atoms with van der Waals surface area (Å²) >= 11 is 7.53. The Morgan fingerprint density at radius 1 is 1.13 bits per heavy atom. The number of ketones is 1. The summed E-state index contributed by atoms with van der Waals surface area (Å²) in [5, 5.41) is 13.4. The highest BCUT2D eigenvalue weighted by Crippen LogP contribution is 2.45. The monoisotopic (exact) mass is 439 g/mol. The van der Waals surface area contributed by atoms with Crippen molar-refractivity contribution in [3.63, 3.8) is 0 Å². The van der Waals surface area contributed by atoms with Crippen LogP contribution in [0.25, 0.3) is 5.76 Å². The topological polar surface area (TPSA) is 66.8 Å². The average molecular weight is 440 g/mol. The van der Waals surface area contributed by atoms with E-state index in [1.807, 2.05) is 24.4 Å². The third-order valence-electron chi connectivity index (χ3n) is 5.05. The molecule has 4 rings (SSSR count). The van der Waals surface area contributed by atoms with Crippen molar-refractivity contribution < 1.29 is 19.4 Å². The molecule has 3 aromatic rings. The second kappa shape index (κ2) is 7.97. The second-order valence-corrected chi connectivity index (χ2v) is 8.18. The van der Waals surface area contributed by atoms with Crippen molar-refractivity contribution in [2.45, 2.75) is 13.0 Å². The number of amides is 1. The molecule has 1 aliphatic heterocycles. The zero-order valence-corrected chi connectivity index (χ0v) is 17.8. The Morgan fingerprint density at radius 3 is 2.50 bits per heavy atom. The molecule has 1 atom stereocenters. The van der Waals surface area contributed by atoms with E-state index in [1.54, 1.807) is 42.5 Å². The molecule has 7 heteroatoms. The number of aliphatic hydroxyl groups excluding tert-OH is 1. The van der Waals surface area contributed by atoms with Crippen LogP contribution >= 0.6 is 22.9 Å². The molecule has 1 unspecified atom stereocenters. The average Bonchev–Trinajstić information content (AvgIpc) is 3.29. The number of para-hydroxylation sites is 1. The van der Waals surface area contributed by atoms with Gasteiger partial charge in [0.2, 0.25) is 0 Å². The first-order chi connectivity index (χ1) is 14.4. The van der Waals surface area contributed by atoms with Gasteiger partial charge in [-0.2, -0.15) is 0 Å². The molecule has 1 N–H and O–H groups in total. The van der Waals surface area contributed by atoms with Crippen LogP contribution in [0.3, 0.4) is 0 Å². The molecule has 0 spiro atoms. The molecule has 0 aliphatic carbocycles. The first kappa shape index (κ1) is 20.2. The number of benzene rings is 2. The van der Waals surface area contributed by atoms with Crippen molar-refractivity contribution in [1.82, 2.24) is 0 Å². The van der Waals surface area contributed by atoms with Crippen LogP contribution < -0.4 is 9.64 Å². The molecule has 30 heavy (non-hydrogen) atoms. The third kappa shape index (κ3) is 3.28. The molecule has 1 aliphatic rings. The molecule has 0 saturated carbocycles. The number of carbonyl (C=O) groups is 2. The number of thiophene rings is 1. The van der Waals surface area contributed by atoms with E-state index in [2.05, 4.69) is 0 Å². The molecule has 0 radical (unpaired) electrons. The summed E-state index contributed by atoms with van der Waals surface area (Å²) in [6.45, 7) is 1.92. The van der Waals surface area contributed by atoms with Gasteiger partial charge in [0.05, 0.1) is 17.7 Å². The number of ether oxygens (including phenoxy) is 1. The molecule has 0 bridgehead atoms. The standard InChI is InChI=1S/C23H18ClNO4S/c1-13-10-11-30-22(13)19-18(20(26)14-8-9-16(24)17(12-14)29-2)21(27)23(28)25(19)15-6-4-3-5-7-15/h3-12,19,26H,1-2H3/b20-18-. The van der Waals surface area contributed by atoms with Crippen LogP contribution in [0.1, 0.15) is 22.0 Å². The highest BCUT2D eigenvalue weighted by molar-refractivity contribution is 7.10. The number of carbonyl (C=O) groups excluding carboxylic acids is 2. The number of anilines is 1.